The number of Topliss-reactive ketones (excluding diaryl/α,β-unsaturated/α-hetero) is 1. The van der Waals surface area contributed by atoms with Crippen LogP contribution in [-0.2, 0) is 33.4 Å². The normalized spacial score (nSPS) is 31.3. The van der Waals surface area contributed by atoms with Crippen LogP contribution in [-0.4, -0.2) is 56.9 Å². The summed E-state index contributed by atoms with van der Waals surface area (Å²) in [6.45, 7) is 3.77. The lowest BCUT2D eigenvalue weighted by molar-refractivity contribution is -0.206. The van der Waals surface area contributed by atoms with Gasteiger partial charge in [0.15, 0.2) is 5.78 Å². The summed E-state index contributed by atoms with van der Waals surface area (Å²) < 4.78 is 10.4. The lowest BCUT2D eigenvalue weighted by Crippen LogP contribution is -2.51. The second-order valence-electron chi connectivity index (χ2n) is 11.4. The van der Waals surface area contributed by atoms with E-state index in [-0.39, 0.29) is 29.6 Å². The predicted octanol–water partition coefficient (Wildman–Crippen LogP) is 3.47. The van der Waals surface area contributed by atoms with Crippen LogP contribution in [0.5, 0.6) is 0 Å². The van der Waals surface area contributed by atoms with Crippen LogP contribution in [0.1, 0.15) is 78.1 Å². The molecule has 0 aromatic heterocycles. The number of cyclic esters (lactones) is 2. The van der Waals surface area contributed by atoms with Crippen molar-refractivity contribution in [2.24, 2.45) is 23.2 Å². The third-order valence-corrected chi connectivity index (χ3v) is 8.84. The Morgan fingerprint density at radius 2 is 1.78 bits per heavy atom. The van der Waals surface area contributed by atoms with E-state index in [0.717, 1.165) is 25.7 Å². The molecule has 2 aliphatic carbocycles. The van der Waals surface area contributed by atoms with Gasteiger partial charge in [0, 0.05) is 18.4 Å². The molecule has 10 nitrogen and oxygen atoms in total. The molecule has 0 radical (unpaired) electrons. The number of aliphatic hydroxyl groups excluding tert-OH is 1. The van der Waals surface area contributed by atoms with Gasteiger partial charge in [-0.3, -0.25) is 14.4 Å². The molecule has 3 N–H and O–H groups in total. The Labute approximate surface area is 238 Å². The van der Waals surface area contributed by atoms with Crippen molar-refractivity contribution in [2.75, 3.05) is 0 Å². The molecule has 2 heterocycles. The molecule has 0 saturated carbocycles. The van der Waals surface area contributed by atoms with Crippen LogP contribution in [0.4, 0.5) is 0 Å². The SMILES string of the molecule is C/C=C/CCCCC[C@@H]1C=C2C3(O)OC(=O)[C@]2(CC(=O)O)CC2=C(C(=O)OC2=O)[C@H]3[C@H]1C[C@@H](O)C(=O)CC/C=C/C. The molecule has 2 aliphatic heterocycles. The number of hydrogen-bond acceptors (Lipinski definition) is 9. The number of fused-ring (bicyclic) bond motifs is 1. The van der Waals surface area contributed by atoms with Gasteiger partial charge in [0.2, 0.25) is 5.79 Å². The molecule has 1 unspecified atom stereocenters. The first-order valence-corrected chi connectivity index (χ1v) is 14.3. The predicted molar refractivity (Wildman–Crippen MR) is 145 cm³/mol. The maximum absolute atomic E-state index is 13.4. The van der Waals surface area contributed by atoms with Crippen LogP contribution in [0.15, 0.2) is 47.1 Å². The van der Waals surface area contributed by atoms with Crippen molar-refractivity contribution in [2.45, 2.75) is 89.9 Å². The van der Waals surface area contributed by atoms with Crippen molar-refractivity contribution in [3.63, 3.8) is 0 Å². The fourth-order valence-corrected chi connectivity index (χ4v) is 6.96. The van der Waals surface area contributed by atoms with Crippen molar-refractivity contribution < 1.29 is 48.8 Å². The Morgan fingerprint density at radius 1 is 1.07 bits per heavy atom. The average molecular weight is 571 g/mol. The first kappa shape index (κ1) is 30.6. The average Bonchev–Trinajstić information content (AvgIpc) is 3.26. The largest absolute Gasteiger partial charge is 0.481 e. The van der Waals surface area contributed by atoms with Crippen LogP contribution in [0.25, 0.3) is 0 Å². The second-order valence-corrected chi connectivity index (χ2v) is 11.4. The standard InChI is InChI=1S/C31H38O10/c1-3-5-7-8-9-11-12-18-14-23-30(17-24(34)35)16-20-25(28(37)40-27(20)36)26(31(23,39)41-29(30)38)19(18)15-22(33)21(32)13-10-6-4-2/h3-6,14,18-19,22,26,33,39H,7-13,15-17H2,1-2H3,(H,34,35)/b5-3+,6-4+/t18-,19+,22-,26-,30+,31?/m1/s1. The van der Waals surface area contributed by atoms with Gasteiger partial charge in [-0.25, -0.2) is 9.59 Å². The molecule has 1 fully saturated rings. The smallest absolute Gasteiger partial charge is 0.343 e. The maximum Gasteiger partial charge on any atom is 0.343 e. The molecule has 0 amide bonds. The highest BCUT2D eigenvalue weighted by molar-refractivity contribution is 6.14. The number of esters is 3. The molecule has 4 aliphatic rings. The van der Waals surface area contributed by atoms with E-state index in [1.165, 1.54) is 0 Å². The van der Waals surface area contributed by atoms with Gasteiger partial charge >= 0.3 is 23.9 Å². The number of allylic oxidation sites excluding steroid dienone is 5. The Morgan fingerprint density at radius 3 is 2.46 bits per heavy atom. The summed E-state index contributed by atoms with van der Waals surface area (Å²) in [5.41, 5.74) is -2.19. The fraction of sp³-hybridized carbons (Fsp3) is 0.581. The molecule has 4 bridgehead atoms. The zero-order valence-corrected chi connectivity index (χ0v) is 23.5. The van der Waals surface area contributed by atoms with Crippen LogP contribution in [0.3, 0.4) is 0 Å². The first-order chi connectivity index (χ1) is 19.5. The van der Waals surface area contributed by atoms with E-state index in [1.54, 1.807) is 12.2 Å². The minimum absolute atomic E-state index is 0.0291. The van der Waals surface area contributed by atoms with Gasteiger partial charge in [0.1, 0.15) is 11.5 Å². The van der Waals surface area contributed by atoms with Gasteiger partial charge in [-0.15, -0.1) is 0 Å². The molecular formula is C31H38O10. The van der Waals surface area contributed by atoms with Crippen LogP contribution >= 0.6 is 0 Å². The zero-order chi connectivity index (χ0) is 29.9. The fourth-order valence-electron chi connectivity index (χ4n) is 6.96. The lowest BCUT2D eigenvalue weighted by Gasteiger charge is -2.45. The highest BCUT2D eigenvalue weighted by Gasteiger charge is 2.72. The van der Waals surface area contributed by atoms with Crippen LogP contribution in [0, 0.1) is 23.2 Å². The molecule has 222 valence electrons. The molecule has 41 heavy (non-hydrogen) atoms. The van der Waals surface area contributed by atoms with Crippen molar-refractivity contribution in [3.05, 3.63) is 47.1 Å². The zero-order valence-electron chi connectivity index (χ0n) is 23.5. The molecule has 6 atom stereocenters. The molecular weight excluding hydrogens is 532 g/mol. The maximum atomic E-state index is 13.4. The number of aliphatic carboxylic acids is 1. The Balaban J connectivity index is 1.80. The number of ether oxygens (including phenoxy) is 2. The molecule has 4 rings (SSSR count). The second kappa shape index (κ2) is 12.2. The number of aliphatic hydroxyl groups is 2. The molecule has 0 aromatic carbocycles. The highest BCUT2D eigenvalue weighted by Crippen LogP contribution is 2.64. The molecule has 0 aromatic rings. The summed E-state index contributed by atoms with van der Waals surface area (Å²) in [6, 6.07) is 0. The monoisotopic (exact) mass is 570 g/mol. The molecule has 10 heteroatoms. The van der Waals surface area contributed by atoms with Gasteiger partial charge < -0.3 is 24.8 Å². The molecule has 1 saturated heterocycles. The highest BCUT2D eigenvalue weighted by atomic mass is 16.7. The van der Waals surface area contributed by atoms with E-state index in [9.17, 15) is 39.3 Å². The van der Waals surface area contributed by atoms with Crippen LogP contribution in [0.2, 0.25) is 0 Å². The number of carbonyl (C=O) groups is 5. The van der Waals surface area contributed by atoms with Crippen LogP contribution < -0.4 is 0 Å². The van der Waals surface area contributed by atoms with Crippen molar-refractivity contribution in [1.29, 1.82) is 0 Å². The number of carboxylic acids is 1. The minimum atomic E-state index is -2.42. The first-order valence-electron chi connectivity index (χ1n) is 14.3. The van der Waals surface area contributed by atoms with E-state index < -0.39 is 77.6 Å². The number of carbonyl (C=O) groups excluding carboxylic acids is 4. The van der Waals surface area contributed by atoms with E-state index >= 15 is 0 Å². The van der Waals surface area contributed by atoms with Gasteiger partial charge in [-0.2, -0.15) is 0 Å². The number of rotatable bonds is 14. The lowest BCUT2D eigenvalue weighted by atomic mass is 9.61. The van der Waals surface area contributed by atoms with Crippen molar-refractivity contribution in [3.8, 4) is 0 Å². The summed E-state index contributed by atoms with van der Waals surface area (Å²) >= 11 is 0. The third kappa shape index (κ3) is 5.59. The quantitative estimate of drug-likeness (QED) is 0.122. The van der Waals surface area contributed by atoms with E-state index in [2.05, 4.69) is 6.08 Å². The number of unbranched alkanes of at least 4 members (excludes halogenated alkanes) is 3. The van der Waals surface area contributed by atoms with Gasteiger partial charge in [-0.05, 0) is 57.8 Å². The Hall–Kier alpha value is -3.37. The summed E-state index contributed by atoms with van der Waals surface area (Å²) in [6.07, 6.45) is 11.0. The van der Waals surface area contributed by atoms with Gasteiger partial charge in [0.05, 0.1) is 23.5 Å². The Bertz CT molecular complexity index is 1240. The molecule has 0 spiro atoms. The summed E-state index contributed by atoms with van der Waals surface area (Å²) in [7, 11) is 0. The van der Waals surface area contributed by atoms with Crippen molar-refractivity contribution >= 4 is 29.7 Å². The number of ketones is 1. The van der Waals surface area contributed by atoms with E-state index in [0.29, 0.717) is 12.8 Å². The van der Waals surface area contributed by atoms with E-state index in [4.69, 9.17) is 9.47 Å². The summed E-state index contributed by atoms with van der Waals surface area (Å²) in [4.78, 5) is 64.1. The van der Waals surface area contributed by atoms with Gasteiger partial charge in [-0.1, -0.05) is 43.2 Å². The van der Waals surface area contributed by atoms with Gasteiger partial charge in [0.25, 0.3) is 0 Å². The number of hydrogen-bond donors (Lipinski definition) is 3. The summed E-state index contributed by atoms with van der Waals surface area (Å²) in [5.74, 6) is -9.70. The van der Waals surface area contributed by atoms with Crippen molar-refractivity contribution in [1.82, 2.24) is 0 Å². The minimum Gasteiger partial charge on any atom is -0.481 e. The number of carboxylic acid groups (broad SMARTS) is 1. The topological polar surface area (TPSA) is 164 Å². The summed E-state index contributed by atoms with van der Waals surface area (Å²) in [5, 5.41) is 32.8. The van der Waals surface area contributed by atoms with E-state index in [1.807, 2.05) is 26.0 Å². The third-order valence-electron chi connectivity index (χ3n) is 8.84. The Kier molecular flexibility index (Phi) is 9.13.